The van der Waals surface area contributed by atoms with Gasteiger partial charge in [-0.05, 0) is 135 Å². The minimum Gasteiger partial charge on any atom is -0.489 e. The molecule has 0 saturated heterocycles. The number of aryl methyl sites for hydroxylation is 1. The van der Waals surface area contributed by atoms with Crippen LogP contribution in [-0.2, 0) is 5.41 Å². The van der Waals surface area contributed by atoms with Crippen molar-refractivity contribution in [3.05, 3.63) is 163 Å². The Kier molecular flexibility index (Phi) is 8.32. The highest BCUT2D eigenvalue weighted by atomic mass is 32.1. The number of nitrogens with zero attached hydrogens (tertiary/aromatic N) is 2. The normalized spacial score (nSPS) is 14.2. The van der Waals surface area contributed by atoms with Gasteiger partial charge in [0.15, 0.2) is 11.5 Å². The Morgan fingerprint density at radius 2 is 1.21 bits per heavy atom. The first kappa shape index (κ1) is 36.6. The van der Waals surface area contributed by atoms with Gasteiger partial charge >= 0.3 is 0 Å². The van der Waals surface area contributed by atoms with E-state index in [0.717, 1.165) is 35.0 Å². The number of hydrogen-bond acceptors (Lipinski definition) is 6. The number of anilines is 6. The van der Waals surface area contributed by atoms with E-state index in [0.29, 0.717) is 13.2 Å². The summed E-state index contributed by atoms with van der Waals surface area (Å²) in [5.74, 6) is 1.63. The van der Waals surface area contributed by atoms with E-state index in [4.69, 9.17) is 9.47 Å². The minimum atomic E-state index is -0.0451. The van der Waals surface area contributed by atoms with Crippen LogP contribution in [0.4, 0.5) is 34.1 Å². The van der Waals surface area contributed by atoms with Crippen molar-refractivity contribution in [1.29, 1.82) is 0 Å². The van der Waals surface area contributed by atoms with Gasteiger partial charge in [0.1, 0.15) is 0 Å². The van der Waals surface area contributed by atoms with Gasteiger partial charge in [-0.1, -0.05) is 99.6 Å². The monoisotopic (exact) mass is 826 g/mol. The molecule has 0 bridgehead atoms. The Bertz CT molecular complexity index is 3150. The number of hydrogen-bond donors (Lipinski definition) is 0. The third kappa shape index (κ3) is 5.93. The van der Waals surface area contributed by atoms with Gasteiger partial charge in [0, 0.05) is 54.0 Å². The first-order valence-electron chi connectivity index (χ1n) is 21.3. The van der Waals surface area contributed by atoms with E-state index < -0.39 is 0 Å². The van der Waals surface area contributed by atoms with Crippen molar-refractivity contribution in [2.24, 2.45) is 0 Å². The summed E-state index contributed by atoms with van der Waals surface area (Å²) in [5.41, 5.74) is 15.6. The van der Waals surface area contributed by atoms with Gasteiger partial charge in [-0.3, -0.25) is 0 Å². The molecule has 0 spiro atoms. The summed E-state index contributed by atoms with van der Waals surface area (Å²) >= 11 is 3.72. The Morgan fingerprint density at radius 3 is 1.92 bits per heavy atom. The van der Waals surface area contributed by atoms with Gasteiger partial charge in [0.05, 0.1) is 18.9 Å². The van der Waals surface area contributed by atoms with Crippen LogP contribution in [-0.4, -0.2) is 19.9 Å². The highest BCUT2D eigenvalue weighted by Gasteiger charge is 2.45. The molecule has 3 aliphatic rings. The molecule has 0 N–H and O–H groups in total. The predicted octanol–water partition coefficient (Wildman–Crippen LogP) is 13.3. The maximum Gasteiger partial charge on any atom is 0.252 e. The third-order valence-electron chi connectivity index (χ3n) is 12.6. The Morgan fingerprint density at radius 1 is 0.557 bits per heavy atom. The van der Waals surface area contributed by atoms with Gasteiger partial charge in [0.2, 0.25) is 0 Å². The summed E-state index contributed by atoms with van der Waals surface area (Å²) in [6.07, 6.45) is 0.839. The molecule has 0 saturated carbocycles. The molecular formula is C54H43BN2O2S2. The van der Waals surface area contributed by atoms with Crippen LogP contribution < -0.4 is 35.7 Å². The van der Waals surface area contributed by atoms with Crippen molar-refractivity contribution >= 4 is 100 Å². The fourth-order valence-corrected chi connectivity index (χ4v) is 11.8. The van der Waals surface area contributed by atoms with Crippen LogP contribution in [0.5, 0.6) is 11.5 Å². The average Bonchev–Trinajstić information content (AvgIpc) is 3.84. The molecule has 7 heteroatoms. The topological polar surface area (TPSA) is 24.9 Å². The molecule has 4 nitrogen and oxygen atoms in total. The lowest BCUT2D eigenvalue weighted by Crippen LogP contribution is -2.61. The third-order valence-corrected chi connectivity index (χ3v) is 14.9. The number of ether oxygens (including phenoxy) is 2. The molecule has 0 fully saturated rings. The van der Waals surface area contributed by atoms with Crippen LogP contribution in [0.1, 0.15) is 38.3 Å². The van der Waals surface area contributed by atoms with Gasteiger partial charge in [-0.15, -0.1) is 22.7 Å². The molecule has 5 heterocycles. The molecule has 296 valence electrons. The average molecular weight is 827 g/mol. The van der Waals surface area contributed by atoms with Gasteiger partial charge in [-0.25, -0.2) is 0 Å². The lowest BCUT2D eigenvalue weighted by Gasteiger charge is -2.45. The molecule has 61 heavy (non-hydrogen) atoms. The lowest BCUT2D eigenvalue weighted by molar-refractivity contribution is 0.297. The van der Waals surface area contributed by atoms with Crippen LogP contribution in [0.3, 0.4) is 0 Å². The predicted molar refractivity (Wildman–Crippen MR) is 261 cm³/mol. The van der Waals surface area contributed by atoms with Crippen molar-refractivity contribution in [1.82, 2.24) is 0 Å². The van der Waals surface area contributed by atoms with Crippen molar-refractivity contribution in [3.8, 4) is 32.4 Å². The molecule has 3 aliphatic heterocycles. The molecule has 12 rings (SSSR count). The zero-order chi connectivity index (χ0) is 41.0. The Hall–Kier alpha value is -6.28. The number of thiophene rings is 2. The standard InChI is InChI=1S/C54H43BN2O2S2/c1-33-27-44-51-45(28-33)57(39-20-18-38(19-21-39)54(2,3)4)52-42(23-24-46-53(52)59-26-10-25-58-46)55(51)41-22-17-37(50-32-36-12-6-8-16-48(36)61-50)30-43(41)56(44)40-14-9-13-34(29-40)49-31-35-11-5-7-15-47(35)60-49/h5-9,11-24,27-32H,10,25-26H2,1-4H3. The van der Waals surface area contributed by atoms with E-state index in [1.54, 1.807) is 0 Å². The summed E-state index contributed by atoms with van der Waals surface area (Å²) in [6.45, 7) is 10.3. The lowest BCUT2D eigenvalue weighted by atomic mass is 9.33. The quantitative estimate of drug-likeness (QED) is 0.165. The fourth-order valence-electron chi connectivity index (χ4n) is 9.69. The van der Waals surface area contributed by atoms with E-state index >= 15 is 0 Å². The van der Waals surface area contributed by atoms with Crippen molar-refractivity contribution < 1.29 is 9.47 Å². The maximum atomic E-state index is 6.75. The van der Waals surface area contributed by atoms with E-state index in [1.807, 2.05) is 22.7 Å². The second-order valence-corrected chi connectivity index (χ2v) is 19.8. The van der Waals surface area contributed by atoms with Crippen molar-refractivity contribution in [3.63, 3.8) is 0 Å². The van der Waals surface area contributed by atoms with E-state index in [-0.39, 0.29) is 12.1 Å². The van der Waals surface area contributed by atoms with Crippen molar-refractivity contribution in [2.45, 2.75) is 39.5 Å². The second kappa shape index (κ2) is 13.9. The van der Waals surface area contributed by atoms with E-state index in [1.165, 1.54) is 85.6 Å². The highest BCUT2D eigenvalue weighted by molar-refractivity contribution is 7.22. The first-order chi connectivity index (χ1) is 29.8. The summed E-state index contributed by atoms with van der Waals surface area (Å²) in [7, 11) is 0. The molecule has 0 radical (unpaired) electrons. The molecule has 0 atom stereocenters. The highest BCUT2D eigenvalue weighted by Crippen LogP contribution is 2.51. The number of rotatable bonds is 4. The maximum absolute atomic E-state index is 6.75. The van der Waals surface area contributed by atoms with E-state index in [9.17, 15) is 0 Å². The molecule has 0 aliphatic carbocycles. The van der Waals surface area contributed by atoms with Crippen LogP contribution >= 0.6 is 22.7 Å². The fraction of sp³-hybridized carbons (Fsp3) is 0.148. The molecule has 2 aromatic heterocycles. The first-order valence-corrected chi connectivity index (χ1v) is 22.9. The minimum absolute atomic E-state index is 0.0310. The summed E-state index contributed by atoms with van der Waals surface area (Å²) in [4.78, 5) is 7.54. The summed E-state index contributed by atoms with van der Waals surface area (Å²) < 4.78 is 15.8. The largest absolute Gasteiger partial charge is 0.489 e. The summed E-state index contributed by atoms with van der Waals surface area (Å²) in [6, 6.07) is 56.8. The molecule has 9 aromatic rings. The smallest absolute Gasteiger partial charge is 0.252 e. The van der Waals surface area contributed by atoms with Crippen LogP contribution in [0.15, 0.2) is 152 Å². The molecule has 0 unspecified atom stereocenters. The second-order valence-electron chi connectivity index (χ2n) is 17.6. The van der Waals surface area contributed by atoms with Crippen LogP contribution in [0.2, 0.25) is 0 Å². The van der Waals surface area contributed by atoms with Gasteiger partial charge < -0.3 is 19.3 Å². The zero-order valence-corrected chi connectivity index (χ0v) is 36.3. The Balaban J connectivity index is 1.13. The van der Waals surface area contributed by atoms with Gasteiger partial charge in [0.25, 0.3) is 6.71 Å². The van der Waals surface area contributed by atoms with Crippen LogP contribution in [0.25, 0.3) is 41.1 Å². The molecular weight excluding hydrogens is 784 g/mol. The Labute approximate surface area is 365 Å². The number of fused-ring (bicyclic) bond motifs is 8. The number of benzene rings is 7. The zero-order valence-electron chi connectivity index (χ0n) is 34.7. The van der Waals surface area contributed by atoms with Gasteiger partial charge in [-0.2, -0.15) is 0 Å². The van der Waals surface area contributed by atoms with Crippen molar-refractivity contribution in [2.75, 3.05) is 23.0 Å². The summed E-state index contributed by atoms with van der Waals surface area (Å²) in [5, 5.41) is 2.56. The molecule has 0 amide bonds. The van der Waals surface area contributed by atoms with E-state index in [2.05, 4.69) is 189 Å². The van der Waals surface area contributed by atoms with Crippen LogP contribution in [0, 0.1) is 6.92 Å². The SMILES string of the molecule is Cc1cc2c3c(c1)N(c1ccc(C(C)(C)C)cc1)c1c(ccc4c1OCCCO4)B3c1ccc(-c3cc4ccccc4s3)cc1N2c1cccc(-c2cc3ccccc3s2)c1. The molecule has 7 aromatic carbocycles.